The number of piperazine rings is 1. The van der Waals surface area contributed by atoms with Crippen LogP contribution < -0.4 is 15.0 Å². The second-order valence-electron chi connectivity index (χ2n) is 7.28. The van der Waals surface area contributed by atoms with E-state index in [9.17, 15) is 13.2 Å². The summed E-state index contributed by atoms with van der Waals surface area (Å²) in [4.78, 5) is 14.5. The molecule has 0 aliphatic carbocycles. The molecule has 3 aromatic rings. The number of carbonyl (C=O) groups is 1. The van der Waals surface area contributed by atoms with Crippen molar-refractivity contribution in [1.29, 1.82) is 0 Å². The number of sulfonamides is 1. The third-order valence-corrected chi connectivity index (χ3v) is 8.26. The van der Waals surface area contributed by atoms with Crippen LogP contribution in [0.25, 0.3) is 0 Å². The quantitative estimate of drug-likeness (QED) is 0.549. The van der Waals surface area contributed by atoms with Crippen LogP contribution in [0.2, 0.25) is 0 Å². The van der Waals surface area contributed by atoms with E-state index in [0.29, 0.717) is 37.5 Å². The van der Waals surface area contributed by atoms with Crippen molar-refractivity contribution in [2.24, 2.45) is 0 Å². The van der Waals surface area contributed by atoms with Gasteiger partial charge < -0.3 is 9.64 Å². The zero-order chi connectivity index (χ0) is 22.7. The number of methoxy groups -OCH3 is 1. The lowest BCUT2D eigenvalue weighted by atomic mass is 10.2. The Morgan fingerprint density at radius 2 is 1.66 bits per heavy atom. The van der Waals surface area contributed by atoms with Crippen LogP contribution in [0.15, 0.2) is 52.9 Å². The van der Waals surface area contributed by atoms with Gasteiger partial charge in [-0.25, -0.2) is 8.42 Å². The van der Waals surface area contributed by atoms with E-state index >= 15 is 0 Å². The SMILES string of the molecule is COc1ccc(C(=O)Nc2nnc(S(=O)(=O)N3CCN(c4ccc(C)cc4)CC3)s2)cc1. The van der Waals surface area contributed by atoms with Crippen molar-refractivity contribution in [2.45, 2.75) is 11.3 Å². The lowest BCUT2D eigenvalue weighted by molar-refractivity contribution is 0.102. The smallest absolute Gasteiger partial charge is 0.272 e. The molecule has 1 aromatic heterocycles. The van der Waals surface area contributed by atoms with E-state index in [1.54, 1.807) is 31.4 Å². The van der Waals surface area contributed by atoms with E-state index in [2.05, 4.69) is 20.4 Å². The van der Waals surface area contributed by atoms with Crippen LogP contribution in [-0.2, 0) is 10.0 Å². The van der Waals surface area contributed by atoms with Gasteiger partial charge in [0, 0.05) is 37.4 Å². The Balaban J connectivity index is 1.39. The number of amides is 1. The molecule has 9 nitrogen and oxygen atoms in total. The third-order valence-electron chi connectivity index (χ3n) is 5.18. The number of ether oxygens (including phenoxy) is 1. The van der Waals surface area contributed by atoms with Crippen LogP contribution in [0.5, 0.6) is 5.75 Å². The highest BCUT2D eigenvalue weighted by Gasteiger charge is 2.32. The summed E-state index contributed by atoms with van der Waals surface area (Å²) in [7, 11) is -2.24. The highest BCUT2D eigenvalue weighted by molar-refractivity contribution is 7.91. The van der Waals surface area contributed by atoms with Crippen molar-refractivity contribution in [2.75, 3.05) is 43.5 Å². The van der Waals surface area contributed by atoms with Crippen LogP contribution in [0.1, 0.15) is 15.9 Å². The fourth-order valence-corrected chi connectivity index (χ4v) is 5.78. The maximum atomic E-state index is 13.0. The Kier molecular flexibility index (Phi) is 6.40. The van der Waals surface area contributed by atoms with E-state index in [-0.39, 0.29) is 9.47 Å². The Bertz CT molecular complexity index is 1190. The standard InChI is InChI=1S/C21H23N5O4S2/c1-15-3-7-17(8-4-15)25-11-13-26(14-12-25)32(28,29)21-24-23-20(31-21)22-19(27)16-5-9-18(30-2)10-6-16/h3-10H,11-14H2,1-2H3,(H,22,23,27). The lowest BCUT2D eigenvalue weighted by Crippen LogP contribution is -2.48. The Labute approximate surface area is 190 Å². The molecule has 0 unspecified atom stereocenters. The molecule has 168 valence electrons. The van der Waals surface area contributed by atoms with Gasteiger partial charge in [-0.15, -0.1) is 10.2 Å². The molecule has 4 rings (SSSR count). The fraction of sp³-hybridized carbons (Fsp3) is 0.286. The van der Waals surface area contributed by atoms with Crippen LogP contribution in [0, 0.1) is 6.92 Å². The van der Waals surface area contributed by atoms with Gasteiger partial charge in [0.15, 0.2) is 0 Å². The molecule has 0 radical (unpaired) electrons. The molecule has 1 aliphatic rings. The van der Waals surface area contributed by atoms with Gasteiger partial charge in [-0.2, -0.15) is 4.31 Å². The van der Waals surface area contributed by atoms with Crippen LogP contribution in [0.4, 0.5) is 10.8 Å². The number of aryl methyl sites for hydroxylation is 1. The highest BCUT2D eigenvalue weighted by atomic mass is 32.2. The van der Waals surface area contributed by atoms with Gasteiger partial charge in [0.05, 0.1) is 7.11 Å². The van der Waals surface area contributed by atoms with Gasteiger partial charge >= 0.3 is 0 Å². The fourth-order valence-electron chi connectivity index (χ4n) is 3.33. The van der Waals surface area contributed by atoms with E-state index in [0.717, 1.165) is 17.0 Å². The molecule has 0 atom stereocenters. The number of hydrogen-bond acceptors (Lipinski definition) is 8. The maximum absolute atomic E-state index is 13.0. The van der Waals surface area contributed by atoms with Crippen molar-refractivity contribution < 1.29 is 17.9 Å². The lowest BCUT2D eigenvalue weighted by Gasteiger charge is -2.34. The van der Waals surface area contributed by atoms with Gasteiger partial charge in [0.25, 0.3) is 15.9 Å². The average Bonchev–Trinajstić information content (AvgIpc) is 3.29. The van der Waals surface area contributed by atoms with Crippen LogP contribution in [0.3, 0.4) is 0 Å². The summed E-state index contributed by atoms with van der Waals surface area (Å²) < 4.78 is 32.4. The summed E-state index contributed by atoms with van der Waals surface area (Å²) in [6.45, 7) is 3.90. The first-order valence-corrected chi connectivity index (χ1v) is 12.2. The van der Waals surface area contributed by atoms with Crippen molar-refractivity contribution in [3.63, 3.8) is 0 Å². The minimum absolute atomic E-state index is 0.127. The molecule has 1 fully saturated rings. The molecule has 0 bridgehead atoms. The molecule has 1 saturated heterocycles. The summed E-state index contributed by atoms with van der Waals surface area (Å²) in [5.41, 5.74) is 2.66. The first kappa shape index (κ1) is 22.2. The number of nitrogens with one attached hydrogen (secondary N) is 1. The predicted octanol–water partition coefficient (Wildman–Crippen LogP) is 2.62. The largest absolute Gasteiger partial charge is 0.497 e. The molecular formula is C21H23N5O4S2. The Morgan fingerprint density at radius 1 is 1.00 bits per heavy atom. The molecule has 32 heavy (non-hydrogen) atoms. The molecule has 1 N–H and O–H groups in total. The predicted molar refractivity (Wildman–Crippen MR) is 123 cm³/mol. The first-order chi connectivity index (χ1) is 15.4. The van der Waals surface area contributed by atoms with E-state index in [4.69, 9.17) is 4.74 Å². The Hall–Kier alpha value is -3.02. The van der Waals surface area contributed by atoms with Gasteiger partial charge in [-0.05, 0) is 43.3 Å². The third kappa shape index (κ3) is 4.74. The summed E-state index contributed by atoms with van der Waals surface area (Å²) in [5, 5.41) is 10.4. The molecule has 2 heterocycles. The van der Waals surface area contributed by atoms with E-state index in [1.165, 1.54) is 9.87 Å². The van der Waals surface area contributed by atoms with Crippen molar-refractivity contribution in [3.8, 4) is 5.75 Å². The number of hydrogen-bond donors (Lipinski definition) is 1. The zero-order valence-electron chi connectivity index (χ0n) is 17.7. The Morgan fingerprint density at radius 3 is 2.28 bits per heavy atom. The number of anilines is 2. The van der Waals surface area contributed by atoms with Crippen molar-refractivity contribution in [3.05, 3.63) is 59.7 Å². The minimum atomic E-state index is -3.78. The van der Waals surface area contributed by atoms with E-state index in [1.807, 2.05) is 31.2 Å². The molecule has 0 saturated carbocycles. The second-order valence-corrected chi connectivity index (χ2v) is 10.4. The van der Waals surface area contributed by atoms with Crippen molar-refractivity contribution >= 4 is 38.1 Å². The van der Waals surface area contributed by atoms with Crippen LogP contribution >= 0.6 is 11.3 Å². The maximum Gasteiger partial charge on any atom is 0.272 e. The highest BCUT2D eigenvalue weighted by Crippen LogP contribution is 2.26. The molecule has 11 heteroatoms. The van der Waals surface area contributed by atoms with Gasteiger partial charge in [-0.1, -0.05) is 29.0 Å². The topological polar surface area (TPSA) is 105 Å². The normalized spacial score (nSPS) is 14.9. The zero-order valence-corrected chi connectivity index (χ0v) is 19.3. The van der Waals surface area contributed by atoms with Gasteiger partial charge in [0.1, 0.15) is 5.75 Å². The van der Waals surface area contributed by atoms with Gasteiger partial charge in [0.2, 0.25) is 9.47 Å². The van der Waals surface area contributed by atoms with Gasteiger partial charge in [-0.3, -0.25) is 10.1 Å². The summed E-state index contributed by atoms with van der Waals surface area (Å²) >= 11 is 0.841. The number of benzene rings is 2. The molecule has 2 aromatic carbocycles. The number of carbonyl (C=O) groups excluding carboxylic acids is 1. The molecule has 0 spiro atoms. The monoisotopic (exact) mass is 473 g/mol. The number of nitrogens with zero attached hydrogens (tertiary/aromatic N) is 4. The average molecular weight is 474 g/mol. The first-order valence-electron chi connectivity index (χ1n) is 9.97. The number of rotatable bonds is 6. The number of aromatic nitrogens is 2. The molecular weight excluding hydrogens is 450 g/mol. The second kappa shape index (κ2) is 9.23. The summed E-state index contributed by atoms with van der Waals surface area (Å²) in [6.07, 6.45) is 0. The molecule has 1 amide bonds. The summed E-state index contributed by atoms with van der Waals surface area (Å²) in [5.74, 6) is 0.229. The molecule has 1 aliphatic heterocycles. The minimum Gasteiger partial charge on any atom is -0.497 e. The summed E-state index contributed by atoms with van der Waals surface area (Å²) in [6, 6.07) is 14.7. The van der Waals surface area contributed by atoms with Crippen molar-refractivity contribution in [1.82, 2.24) is 14.5 Å². The van der Waals surface area contributed by atoms with E-state index < -0.39 is 15.9 Å². The van der Waals surface area contributed by atoms with Crippen LogP contribution in [-0.4, -0.2) is 62.1 Å².